The largest absolute Gasteiger partial charge is 0.545 e. The highest BCUT2D eigenvalue weighted by molar-refractivity contribution is 5.87. The Morgan fingerprint density at radius 3 is 0.619 bits per heavy atom. The molecule has 0 amide bonds. The molecule has 0 radical (unpaired) electrons. The fourth-order valence-electron chi connectivity index (χ4n) is 5.43. The van der Waals surface area contributed by atoms with Crippen molar-refractivity contribution in [3.05, 3.63) is 12.2 Å². The van der Waals surface area contributed by atoms with Gasteiger partial charge in [-0.3, -0.25) is 0 Å². The fourth-order valence-corrected chi connectivity index (χ4v) is 5.43. The molecule has 0 atom stereocenters. The van der Waals surface area contributed by atoms with E-state index in [2.05, 4.69) is 55.4 Å². The molecule has 0 saturated heterocycles. The molecule has 0 aliphatic rings. The molecule has 0 aromatic heterocycles. The Morgan fingerprint density at radius 2 is 0.524 bits per heavy atom. The molecule has 6 nitrogen and oxygen atoms in total. The summed E-state index contributed by atoms with van der Waals surface area (Å²) >= 11 is 0. The number of hydrogen-bond acceptors (Lipinski definition) is 4. The Morgan fingerprint density at radius 1 is 0.381 bits per heavy atom. The van der Waals surface area contributed by atoms with Crippen molar-refractivity contribution in [1.29, 1.82) is 0 Å². The number of unbranched alkanes of at least 4 members (excludes halogenated alkanes) is 8. The molecule has 0 N–H and O–H groups in total. The van der Waals surface area contributed by atoms with E-state index in [0.29, 0.717) is 12.2 Å². The van der Waals surface area contributed by atoms with Gasteiger partial charge in [0.15, 0.2) is 0 Å². The first-order valence-electron chi connectivity index (χ1n) is 17.9. The molecule has 0 fully saturated rings. The molecule has 0 rings (SSSR count). The Bertz CT molecular complexity index is 495. The van der Waals surface area contributed by atoms with Crippen LogP contribution in [0.15, 0.2) is 12.2 Å². The Hall–Kier alpha value is -1.40. The average molecular weight is 599 g/mol. The maximum atomic E-state index is 9.41. The highest BCUT2D eigenvalue weighted by Crippen LogP contribution is 2.17. The lowest BCUT2D eigenvalue weighted by atomic mass is 10.1. The molecular formula is C36H74N2O4. The van der Waals surface area contributed by atoms with E-state index in [0.717, 1.165) is 0 Å². The zero-order valence-corrected chi connectivity index (χ0v) is 29.7. The third kappa shape index (κ3) is 28.7. The number of carbonyl (C=O) groups excluding carboxylic acids is 2. The summed E-state index contributed by atoms with van der Waals surface area (Å²) in [5.41, 5.74) is 0. The van der Waals surface area contributed by atoms with Crippen LogP contribution >= 0.6 is 0 Å². The van der Waals surface area contributed by atoms with Gasteiger partial charge in [-0.2, -0.15) is 0 Å². The number of aliphatic carboxylic acids is 2. The van der Waals surface area contributed by atoms with Gasteiger partial charge >= 0.3 is 0 Å². The third-order valence-corrected chi connectivity index (χ3v) is 8.24. The van der Waals surface area contributed by atoms with Gasteiger partial charge < -0.3 is 28.8 Å². The maximum absolute atomic E-state index is 9.41. The number of nitrogens with zero attached hydrogens (tertiary/aromatic N) is 2. The summed E-state index contributed by atoms with van der Waals surface area (Å²) in [4.78, 5) is 18.8. The molecule has 42 heavy (non-hydrogen) atoms. The van der Waals surface area contributed by atoms with E-state index < -0.39 is 11.9 Å². The molecule has 0 spiro atoms. The van der Waals surface area contributed by atoms with Crippen LogP contribution < -0.4 is 10.2 Å². The van der Waals surface area contributed by atoms with Crippen molar-refractivity contribution in [3.8, 4) is 0 Å². The average Bonchev–Trinajstić information content (AvgIpc) is 2.99. The quantitative estimate of drug-likeness (QED) is 0.0789. The Labute approximate surface area is 263 Å². The van der Waals surface area contributed by atoms with E-state index in [9.17, 15) is 19.8 Å². The van der Waals surface area contributed by atoms with Gasteiger partial charge in [-0.05, 0) is 63.5 Å². The van der Waals surface area contributed by atoms with Gasteiger partial charge in [0.05, 0.1) is 64.3 Å². The molecule has 0 saturated carbocycles. The minimum atomic E-state index is -1.55. The topological polar surface area (TPSA) is 80.3 Å². The lowest BCUT2D eigenvalue weighted by molar-refractivity contribution is -0.929. The van der Waals surface area contributed by atoms with Crippen LogP contribution in [-0.4, -0.2) is 73.3 Å². The maximum Gasteiger partial charge on any atom is 0.0786 e. The summed E-state index contributed by atoms with van der Waals surface area (Å²) in [6.07, 6.45) is 22.9. The summed E-state index contributed by atoms with van der Waals surface area (Å²) in [5.74, 6) is -3.09. The predicted molar refractivity (Wildman–Crippen MR) is 178 cm³/mol. The van der Waals surface area contributed by atoms with Crippen molar-refractivity contribution in [2.75, 3.05) is 52.4 Å². The monoisotopic (exact) mass is 599 g/mol. The van der Waals surface area contributed by atoms with Crippen LogP contribution in [0.4, 0.5) is 0 Å². The van der Waals surface area contributed by atoms with E-state index >= 15 is 0 Å². The molecule has 0 unspecified atom stereocenters. The Balaban J connectivity index is -0.000000579. The van der Waals surface area contributed by atoms with Gasteiger partial charge in [0, 0.05) is 0 Å². The first-order valence-corrected chi connectivity index (χ1v) is 17.9. The zero-order valence-electron chi connectivity index (χ0n) is 29.7. The van der Waals surface area contributed by atoms with E-state index in [1.807, 2.05) is 0 Å². The van der Waals surface area contributed by atoms with Gasteiger partial charge in [0.1, 0.15) is 0 Å². The van der Waals surface area contributed by atoms with Crippen LogP contribution in [0.3, 0.4) is 0 Å². The van der Waals surface area contributed by atoms with Crippen molar-refractivity contribution in [3.63, 3.8) is 0 Å². The van der Waals surface area contributed by atoms with E-state index in [1.54, 1.807) is 0 Å². The first-order chi connectivity index (χ1) is 20.1. The third-order valence-electron chi connectivity index (χ3n) is 8.24. The minimum absolute atomic E-state index is 0.384. The normalized spacial score (nSPS) is 11.5. The number of hydrogen-bond donors (Lipinski definition) is 0. The van der Waals surface area contributed by atoms with Gasteiger partial charge in [-0.25, -0.2) is 0 Å². The van der Waals surface area contributed by atoms with E-state index in [-0.39, 0.29) is 0 Å². The van der Waals surface area contributed by atoms with E-state index in [1.165, 1.54) is 164 Å². The standard InChI is InChI=1S/2C16H36N.C4H4O4/c2*1-5-9-13-17(14-10-6-2,15-11-7-3)16-12-8-4;5-3(6)1-2-4(7)8/h2*5-16H2,1-4H3;1-2H,(H,5,6)(H,7,8)/q2*+1;/p-2. The number of rotatable bonds is 26. The molecule has 0 aromatic carbocycles. The van der Waals surface area contributed by atoms with Gasteiger partial charge in [-0.15, -0.1) is 0 Å². The molecule has 0 aromatic rings. The molecule has 252 valence electrons. The van der Waals surface area contributed by atoms with Crippen LogP contribution in [0.5, 0.6) is 0 Å². The van der Waals surface area contributed by atoms with Crippen molar-refractivity contribution in [2.24, 2.45) is 0 Å². The molecule has 6 heteroatoms. The lowest BCUT2D eigenvalue weighted by Gasteiger charge is -2.39. The van der Waals surface area contributed by atoms with Gasteiger partial charge in [0.2, 0.25) is 0 Å². The number of carboxylic acids is 2. The fraction of sp³-hybridized carbons (Fsp3) is 0.889. The van der Waals surface area contributed by atoms with Crippen molar-refractivity contribution >= 4 is 11.9 Å². The molecule has 0 heterocycles. The van der Waals surface area contributed by atoms with E-state index in [4.69, 9.17) is 0 Å². The zero-order chi connectivity index (χ0) is 32.5. The first kappa shape index (κ1) is 45.0. The second-order valence-electron chi connectivity index (χ2n) is 12.3. The summed E-state index contributed by atoms with van der Waals surface area (Å²) in [7, 11) is 0. The van der Waals surface area contributed by atoms with Gasteiger partial charge in [-0.1, -0.05) is 107 Å². The second kappa shape index (κ2) is 32.5. The number of carbonyl (C=O) groups is 2. The lowest BCUT2D eigenvalue weighted by Crippen LogP contribution is -2.50. The number of carboxylic acid groups (broad SMARTS) is 2. The summed E-state index contributed by atoms with van der Waals surface area (Å²) in [5, 5.41) is 18.8. The van der Waals surface area contributed by atoms with Crippen molar-refractivity contribution in [1.82, 2.24) is 0 Å². The van der Waals surface area contributed by atoms with Crippen LogP contribution in [0.1, 0.15) is 158 Å². The summed E-state index contributed by atoms with van der Waals surface area (Å²) in [6.45, 7) is 30.0. The van der Waals surface area contributed by atoms with Crippen LogP contribution in [0, 0.1) is 0 Å². The number of quaternary nitrogens is 2. The van der Waals surface area contributed by atoms with Crippen LogP contribution in [0.25, 0.3) is 0 Å². The highest BCUT2D eigenvalue weighted by Gasteiger charge is 2.25. The predicted octanol–water partition coefficient (Wildman–Crippen LogP) is 7.05. The summed E-state index contributed by atoms with van der Waals surface area (Å²) < 4.78 is 2.84. The molecule has 0 aliphatic heterocycles. The molecule has 0 aliphatic carbocycles. The molecular weight excluding hydrogens is 524 g/mol. The smallest absolute Gasteiger partial charge is 0.0786 e. The Kier molecular flexibility index (Phi) is 34.9. The SMILES string of the molecule is CCCC[N+](CCCC)(CCCC)CCCC.CCCC[N+](CCCC)(CCCC)CCCC.O=C([O-])C=CC(=O)[O-]. The molecule has 0 bridgehead atoms. The van der Waals surface area contributed by atoms with Crippen molar-refractivity contribution < 1.29 is 28.8 Å². The van der Waals surface area contributed by atoms with Crippen LogP contribution in [-0.2, 0) is 9.59 Å². The highest BCUT2D eigenvalue weighted by atomic mass is 16.4. The minimum Gasteiger partial charge on any atom is -0.545 e. The van der Waals surface area contributed by atoms with Crippen LogP contribution in [0.2, 0.25) is 0 Å². The second-order valence-corrected chi connectivity index (χ2v) is 12.3. The van der Waals surface area contributed by atoms with Crippen molar-refractivity contribution in [2.45, 2.75) is 158 Å². The summed E-state index contributed by atoms with van der Waals surface area (Å²) in [6, 6.07) is 0. The van der Waals surface area contributed by atoms with Gasteiger partial charge in [0.25, 0.3) is 0 Å².